The first-order valence-electron chi connectivity index (χ1n) is 4.77. The summed E-state index contributed by atoms with van der Waals surface area (Å²) in [5.41, 5.74) is 0.189. The van der Waals surface area contributed by atoms with Crippen molar-refractivity contribution in [3.8, 4) is 5.75 Å². The molecule has 3 heteroatoms. The molecule has 1 unspecified atom stereocenters. The molecule has 0 saturated heterocycles. The molecule has 0 heterocycles. The number of esters is 1. The van der Waals surface area contributed by atoms with E-state index in [1.54, 1.807) is 25.1 Å². The van der Waals surface area contributed by atoms with Crippen LogP contribution in [0.4, 0.5) is 0 Å². The second-order valence-corrected chi connectivity index (χ2v) is 3.15. The maximum Gasteiger partial charge on any atom is 0.342 e. The van der Waals surface area contributed by atoms with Crippen molar-refractivity contribution in [3.63, 3.8) is 0 Å². The number of carbonyl (C=O) groups is 1. The third-order valence-electron chi connectivity index (χ3n) is 1.88. The molecule has 0 amide bonds. The molecule has 80 valence electrons. The van der Waals surface area contributed by atoms with E-state index in [0.29, 0.717) is 0 Å². The van der Waals surface area contributed by atoms with Crippen molar-refractivity contribution in [1.82, 2.24) is 0 Å². The first-order chi connectivity index (χ1) is 7.15. The number of benzene rings is 1. The monoisotopic (exact) mass is 206 g/mol. The average Bonchev–Trinajstić information content (AvgIpc) is 2.18. The highest BCUT2D eigenvalue weighted by Crippen LogP contribution is 2.17. The maximum absolute atomic E-state index is 11.5. The van der Waals surface area contributed by atoms with Gasteiger partial charge in [0.25, 0.3) is 0 Å². The summed E-state index contributed by atoms with van der Waals surface area (Å²) in [6.45, 7) is 3.61. The van der Waals surface area contributed by atoms with Gasteiger partial charge in [-0.25, -0.2) is 4.79 Å². The number of aromatic hydroxyl groups is 1. The zero-order chi connectivity index (χ0) is 11.3. The fraction of sp³-hybridized carbons (Fsp3) is 0.250. The highest BCUT2D eigenvalue weighted by Gasteiger charge is 2.13. The normalized spacial score (nSPS) is 12.7. The van der Waals surface area contributed by atoms with Crippen LogP contribution in [-0.4, -0.2) is 17.2 Å². The Morgan fingerprint density at radius 3 is 2.73 bits per heavy atom. The average molecular weight is 206 g/mol. The van der Waals surface area contributed by atoms with Crippen molar-refractivity contribution in [3.05, 3.63) is 42.0 Å². The summed E-state index contributed by atoms with van der Waals surface area (Å²) in [5, 5.41) is 9.40. The lowest BCUT2D eigenvalue weighted by molar-refractivity contribution is 0.0421. The molecule has 0 aliphatic heterocycles. The van der Waals surface area contributed by atoms with Crippen LogP contribution in [0.25, 0.3) is 0 Å². The van der Waals surface area contributed by atoms with Crippen molar-refractivity contribution >= 4 is 5.97 Å². The minimum atomic E-state index is -0.515. The first kappa shape index (κ1) is 11.3. The number of rotatable bonds is 3. The summed E-state index contributed by atoms with van der Waals surface area (Å²) in [4.78, 5) is 11.5. The highest BCUT2D eigenvalue weighted by molar-refractivity contribution is 5.92. The lowest BCUT2D eigenvalue weighted by Gasteiger charge is -2.09. The Kier molecular flexibility index (Phi) is 3.92. The molecule has 1 atom stereocenters. The zero-order valence-electron chi connectivity index (χ0n) is 8.81. The van der Waals surface area contributed by atoms with Gasteiger partial charge in [-0.15, -0.1) is 0 Å². The van der Waals surface area contributed by atoms with Gasteiger partial charge in [-0.1, -0.05) is 18.2 Å². The van der Waals surface area contributed by atoms with Gasteiger partial charge in [-0.2, -0.15) is 0 Å². The molecule has 1 aromatic carbocycles. The molecular formula is C12H14O3. The van der Waals surface area contributed by atoms with E-state index < -0.39 is 5.97 Å². The van der Waals surface area contributed by atoms with Gasteiger partial charge in [0.1, 0.15) is 17.4 Å². The van der Waals surface area contributed by atoms with Crippen LogP contribution in [-0.2, 0) is 4.74 Å². The van der Waals surface area contributed by atoms with Crippen molar-refractivity contribution in [2.24, 2.45) is 0 Å². The topological polar surface area (TPSA) is 46.5 Å². The predicted octanol–water partition coefficient (Wildman–Crippen LogP) is 2.51. The molecule has 0 bridgehead atoms. The molecule has 1 N–H and O–H groups in total. The highest BCUT2D eigenvalue weighted by atomic mass is 16.5. The quantitative estimate of drug-likeness (QED) is 0.610. The Labute approximate surface area is 89.0 Å². The van der Waals surface area contributed by atoms with Gasteiger partial charge in [0.2, 0.25) is 0 Å². The minimum absolute atomic E-state index is 0.0600. The molecule has 0 spiro atoms. The fourth-order valence-electron chi connectivity index (χ4n) is 1.19. The zero-order valence-corrected chi connectivity index (χ0v) is 8.81. The van der Waals surface area contributed by atoms with Crippen LogP contribution in [0.15, 0.2) is 36.4 Å². The van der Waals surface area contributed by atoms with Crippen LogP contribution in [0.3, 0.4) is 0 Å². The Bertz CT molecular complexity index is 369. The number of para-hydroxylation sites is 1. The van der Waals surface area contributed by atoms with Crippen molar-refractivity contribution in [2.75, 3.05) is 0 Å². The number of hydrogen-bond acceptors (Lipinski definition) is 3. The molecule has 15 heavy (non-hydrogen) atoms. The molecule has 0 aliphatic carbocycles. The Morgan fingerprint density at radius 1 is 1.47 bits per heavy atom. The van der Waals surface area contributed by atoms with Crippen LogP contribution < -0.4 is 0 Å². The van der Waals surface area contributed by atoms with Crippen LogP contribution in [0.2, 0.25) is 0 Å². The molecule has 1 aromatic rings. The molecule has 0 saturated carbocycles. The standard InChI is InChI=1S/C12H14O3/c1-3-6-9(2)15-12(14)10-7-4-5-8-11(10)13/h3-9,13H,1-2H3. The molecule has 0 radical (unpaired) electrons. The number of hydrogen-bond donors (Lipinski definition) is 1. The summed E-state index contributed by atoms with van der Waals surface area (Å²) < 4.78 is 5.07. The number of carbonyl (C=O) groups excluding carboxylic acids is 1. The smallest absolute Gasteiger partial charge is 0.342 e. The third-order valence-corrected chi connectivity index (χ3v) is 1.88. The van der Waals surface area contributed by atoms with Crippen LogP contribution in [0.1, 0.15) is 24.2 Å². The van der Waals surface area contributed by atoms with E-state index in [2.05, 4.69) is 0 Å². The van der Waals surface area contributed by atoms with Crippen LogP contribution >= 0.6 is 0 Å². The van der Waals surface area contributed by atoms with Gasteiger partial charge in [0, 0.05) is 0 Å². The summed E-state index contributed by atoms with van der Waals surface area (Å²) in [6, 6.07) is 6.31. The van der Waals surface area contributed by atoms with Gasteiger partial charge in [0.05, 0.1) is 0 Å². The van der Waals surface area contributed by atoms with Gasteiger partial charge >= 0.3 is 5.97 Å². The van der Waals surface area contributed by atoms with E-state index in [0.717, 1.165) is 0 Å². The molecular weight excluding hydrogens is 192 g/mol. The number of ether oxygens (including phenoxy) is 1. The Balaban J connectivity index is 2.74. The van der Waals surface area contributed by atoms with Crippen LogP contribution in [0.5, 0.6) is 5.75 Å². The lowest BCUT2D eigenvalue weighted by atomic mass is 10.2. The fourth-order valence-corrected chi connectivity index (χ4v) is 1.19. The largest absolute Gasteiger partial charge is 0.507 e. The summed E-state index contributed by atoms with van der Waals surface area (Å²) in [5.74, 6) is -0.575. The first-order valence-corrected chi connectivity index (χ1v) is 4.77. The summed E-state index contributed by atoms with van der Waals surface area (Å²) >= 11 is 0. The lowest BCUT2D eigenvalue weighted by Crippen LogP contribution is -2.12. The third kappa shape index (κ3) is 3.13. The molecule has 1 rings (SSSR count). The van der Waals surface area contributed by atoms with Gasteiger partial charge in [0.15, 0.2) is 0 Å². The SMILES string of the molecule is CC=CC(C)OC(=O)c1ccccc1O. The maximum atomic E-state index is 11.5. The number of phenols is 1. The van der Waals surface area contributed by atoms with E-state index in [-0.39, 0.29) is 17.4 Å². The second kappa shape index (κ2) is 5.20. The van der Waals surface area contributed by atoms with E-state index in [4.69, 9.17) is 4.74 Å². The molecule has 3 nitrogen and oxygen atoms in total. The summed E-state index contributed by atoms with van der Waals surface area (Å²) in [7, 11) is 0. The van der Waals surface area contributed by atoms with Crippen molar-refractivity contribution in [2.45, 2.75) is 20.0 Å². The van der Waals surface area contributed by atoms with Crippen molar-refractivity contribution in [1.29, 1.82) is 0 Å². The van der Waals surface area contributed by atoms with E-state index in [1.807, 2.05) is 13.0 Å². The predicted molar refractivity (Wildman–Crippen MR) is 57.8 cm³/mol. The number of allylic oxidation sites excluding steroid dienone is 1. The van der Waals surface area contributed by atoms with Gasteiger partial charge in [-0.05, 0) is 32.1 Å². The van der Waals surface area contributed by atoms with E-state index in [1.165, 1.54) is 12.1 Å². The van der Waals surface area contributed by atoms with Gasteiger partial charge in [-0.3, -0.25) is 0 Å². The molecule has 0 fully saturated rings. The van der Waals surface area contributed by atoms with Crippen molar-refractivity contribution < 1.29 is 14.6 Å². The van der Waals surface area contributed by atoms with Crippen LogP contribution in [0, 0.1) is 0 Å². The number of phenolic OH excluding ortho intramolecular Hbond substituents is 1. The van der Waals surface area contributed by atoms with E-state index in [9.17, 15) is 9.90 Å². The minimum Gasteiger partial charge on any atom is -0.507 e. The Morgan fingerprint density at radius 2 is 2.13 bits per heavy atom. The van der Waals surface area contributed by atoms with Gasteiger partial charge < -0.3 is 9.84 Å². The summed E-state index contributed by atoms with van der Waals surface area (Å²) in [6.07, 6.45) is 3.28. The second-order valence-electron chi connectivity index (χ2n) is 3.15. The molecule has 0 aliphatic rings. The Hall–Kier alpha value is -1.77. The molecule has 0 aromatic heterocycles. The van der Waals surface area contributed by atoms with E-state index >= 15 is 0 Å².